The average Bonchev–Trinajstić information content (AvgIpc) is 2.51. The van der Waals surface area contributed by atoms with Crippen LogP contribution < -0.4 is 5.32 Å². The van der Waals surface area contributed by atoms with Gasteiger partial charge in [-0.1, -0.05) is 41.9 Å². The number of rotatable bonds is 2. The summed E-state index contributed by atoms with van der Waals surface area (Å²) in [5, 5.41) is 12.9. The third-order valence-electron chi connectivity index (χ3n) is 4.29. The van der Waals surface area contributed by atoms with Crippen molar-refractivity contribution in [1.29, 1.82) is 0 Å². The molecule has 5 heteroatoms. The van der Waals surface area contributed by atoms with Gasteiger partial charge >= 0.3 is 6.03 Å². The molecule has 0 bridgehead atoms. The molecule has 0 unspecified atom stereocenters. The van der Waals surface area contributed by atoms with E-state index in [9.17, 15) is 9.90 Å². The second-order valence-electron chi connectivity index (χ2n) is 5.46. The summed E-state index contributed by atoms with van der Waals surface area (Å²) in [7, 11) is 0. The van der Waals surface area contributed by atoms with Crippen molar-refractivity contribution in [3.8, 4) is 5.75 Å². The maximum absolute atomic E-state index is 12.5. The minimum Gasteiger partial charge on any atom is -0.506 e. The van der Waals surface area contributed by atoms with Crippen LogP contribution in [0.4, 0.5) is 10.5 Å². The molecule has 1 aliphatic heterocycles. The smallest absolute Gasteiger partial charge is 0.322 e. The number of carbonyl (C=O) groups is 1. The molecule has 0 saturated carbocycles. The van der Waals surface area contributed by atoms with Crippen molar-refractivity contribution in [3.05, 3.63) is 58.6 Å². The van der Waals surface area contributed by atoms with Crippen molar-refractivity contribution in [3.63, 3.8) is 0 Å². The molecule has 22 heavy (non-hydrogen) atoms. The molecule has 2 aromatic rings. The zero-order valence-corrected chi connectivity index (χ0v) is 13.2. The zero-order chi connectivity index (χ0) is 15.9. The lowest BCUT2D eigenvalue weighted by Gasteiger charge is -2.46. The average molecular weight is 317 g/mol. The monoisotopic (exact) mass is 316 g/mol. The minimum atomic E-state index is -0.648. The topological polar surface area (TPSA) is 52.6 Å². The van der Waals surface area contributed by atoms with Gasteiger partial charge in [-0.3, -0.25) is 0 Å². The second-order valence-corrected chi connectivity index (χ2v) is 5.87. The fraction of sp³-hybridized carbons (Fsp3) is 0.235. The molecule has 4 nitrogen and oxygen atoms in total. The highest BCUT2D eigenvalue weighted by molar-refractivity contribution is 6.32. The lowest BCUT2D eigenvalue weighted by Crippen LogP contribution is -2.53. The third kappa shape index (κ3) is 2.03. The Hall–Kier alpha value is -2.20. The molecule has 0 saturated heterocycles. The number of halogens is 1. The van der Waals surface area contributed by atoms with E-state index in [1.165, 1.54) is 6.07 Å². The highest BCUT2D eigenvalue weighted by Gasteiger charge is 2.43. The molecule has 2 amide bonds. The number of carbonyl (C=O) groups excluding carboxylic acids is 1. The summed E-state index contributed by atoms with van der Waals surface area (Å²) >= 11 is 6.11. The number of hydrogen-bond donors (Lipinski definition) is 2. The molecule has 0 radical (unpaired) electrons. The Labute approximate surface area is 134 Å². The van der Waals surface area contributed by atoms with E-state index in [0.717, 1.165) is 11.1 Å². The number of hydrogen-bond acceptors (Lipinski definition) is 2. The fourth-order valence-corrected chi connectivity index (χ4v) is 3.30. The largest absolute Gasteiger partial charge is 0.506 e. The van der Waals surface area contributed by atoms with E-state index in [1.54, 1.807) is 11.0 Å². The lowest BCUT2D eigenvalue weighted by molar-refractivity contribution is 0.158. The van der Waals surface area contributed by atoms with Crippen molar-refractivity contribution in [2.24, 2.45) is 0 Å². The minimum absolute atomic E-state index is 0.0407. The molecular formula is C17H17ClN2O2. The van der Waals surface area contributed by atoms with Gasteiger partial charge in [-0.15, -0.1) is 0 Å². The van der Waals surface area contributed by atoms with Gasteiger partial charge in [0, 0.05) is 18.2 Å². The summed E-state index contributed by atoms with van der Waals surface area (Å²) < 4.78 is 0. The Morgan fingerprint density at radius 3 is 2.59 bits per heavy atom. The van der Waals surface area contributed by atoms with Gasteiger partial charge in [0.1, 0.15) is 5.75 Å². The number of anilines is 1. The Morgan fingerprint density at radius 1 is 1.27 bits per heavy atom. The van der Waals surface area contributed by atoms with E-state index in [4.69, 9.17) is 11.6 Å². The number of fused-ring (bicyclic) bond motifs is 1. The number of nitrogens with one attached hydrogen (secondary N) is 1. The first kappa shape index (κ1) is 14.7. The zero-order valence-electron chi connectivity index (χ0n) is 12.4. The first-order valence-corrected chi connectivity index (χ1v) is 7.53. The van der Waals surface area contributed by atoms with Gasteiger partial charge in [0.2, 0.25) is 0 Å². The molecule has 114 valence electrons. The van der Waals surface area contributed by atoms with E-state index < -0.39 is 5.54 Å². The molecule has 0 aromatic heterocycles. The van der Waals surface area contributed by atoms with Crippen LogP contribution in [0.2, 0.25) is 5.02 Å². The van der Waals surface area contributed by atoms with Gasteiger partial charge in [-0.2, -0.15) is 0 Å². The van der Waals surface area contributed by atoms with Gasteiger partial charge in [-0.05, 0) is 25.5 Å². The van der Waals surface area contributed by atoms with Crippen molar-refractivity contribution < 1.29 is 9.90 Å². The Kier molecular flexibility index (Phi) is 3.49. The van der Waals surface area contributed by atoms with E-state index >= 15 is 0 Å². The number of phenolic OH excluding ortho intramolecular Hbond substituents is 1. The highest BCUT2D eigenvalue weighted by Crippen LogP contribution is 2.45. The van der Waals surface area contributed by atoms with Crippen molar-refractivity contribution in [2.45, 2.75) is 19.4 Å². The van der Waals surface area contributed by atoms with Crippen molar-refractivity contribution in [2.75, 3.05) is 11.9 Å². The molecule has 1 heterocycles. The Bertz CT molecular complexity index is 733. The summed E-state index contributed by atoms with van der Waals surface area (Å²) in [4.78, 5) is 14.2. The maximum atomic E-state index is 12.5. The first-order chi connectivity index (χ1) is 10.5. The fourth-order valence-electron chi connectivity index (χ4n) is 3.13. The van der Waals surface area contributed by atoms with Crippen LogP contribution in [-0.2, 0) is 5.54 Å². The summed E-state index contributed by atoms with van der Waals surface area (Å²) in [6.45, 7) is 4.49. The van der Waals surface area contributed by atoms with Crippen LogP contribution in [0.5, 0.6) is 5.75 Å². The number of benzene rings is 2. The standard InChI is InChI=1S/C17H17ClN2O2/c1-3-20-16(22)19-14-10-15(21)13(18)9-12(14)17(20,2)11-7-5-4-6-8-11/h4-10,21H,3H2,1-2H3,(H,19,22)/t17-/m1/s1. The number of aromatic hydroxyl groups is 1. The van der Waals surface area contributed by atoms with Gasteiger partial charge in [0.25, 0.3) is 0 Å². The van der Waals surface area contributed by atoms with E-state index in [2.05, 4.69) is 5.32 Å². The molecule has 1 atom stereocenters. The maximum Gasteiger partial charge on any atom is 0.322 e. The van der Waals surface area contributed by atoms with Gasteiger partial charge < -0.3 is 15.3 Å². The predicted octanol–water partition coefficient (Wildman–Crippen LogP) is 4.18. The quantitative estimate of drug-likeness (QED) is 0.873. The molecule has 0 fully saturated rings. The van der Waals surface area contributed by atoms with Crippen molar-refractivity contribution in [1.82, 2.24) is 4.90 Å². The van der Waals surface area contributed by atoms with Crippen LogP contribution in [0, 0.1) is 0 Å². The highest BCUT2D eigenvalue weighted by atomic mass is 35.5. The van der Waals surface area contributed by atoms with Crippen LogP contribution in [-0.4, -0.2) is 22.6 Å². The third-order valence-corrected chi connectivity index (χ3v) is 4.59. The SMILES string of the molecule is CCN1C(=O)Nc2cc(O)c(Cl)cc2[C@@]1(C)c1ccccc1. The molecule has 0 aliphatic carbocycles. The van der Waals surface area contributed by atoms with Crippen LogP contribution in [0.3, 0.4) is 0 Å². The van der Waals surface area contributed by atoms with Crippen molar-refractivity contribution >= 4 is 23.3 Å². The first-order valence-electron chi connectivity index (χ1n) is 7.15. The van der Waals surface area contributed by atoms with Crippen LogP contribution >= 0.6 is 11.6 Å². The van der Waals surface area contributed by atoms with Gasteiger partial charge in [-0.25, -0.2) is 4.79 Å². The normalized spacial score (nSPS) is 20.5. The van der Waals surface area contributed by atoms with E-state index in [1.807, 2.05) is 44.2 Å². The molecule has 3 rings (SSSR count). The number of amides is 2. The predicted molar refractivity (Wildman–Crippen MR) is 87.4 cm³/mol. The van der Waals surface area contributed by atoms with E-state index in [-0.39, 0.29) is 16.8 Å². The number of phenols is 1. The molecular weight excluding hydrogens is 300 g/mol. The van der Waals surface area contributed by atoms with Crippen LogP contribution in [0.15, 0.2) is 42.5 Å². The van der Waals surface area contributed by atoms with E-state index in [0.29, 0.717) is 12.2 Å². The summed E-state index contributed by atoms with van der Waals surface area (Å²) in [6, 6.07) is 12.9. The van der Waals surface area contributed by atoms with Gasteiger partial charge in [0.15, 0.2) is 0 Å². The summed E-state index contributed by atoms with van der Waals surface area (Å²) in [6.07, 6.45) is 0. The summed E-state index contributed by atoms with van der Waals surface area (Å²) in [5.74, 6) is -0.0407. The lowest BCUT2D eigenvalue weighted by atomic mass is 9.80. The molecule has 0 spiro atoms. The Balaban J connectivity index is 2.30. The molecule has 2 aromatic carbocycles. The Morgan fingerprint density at radius 2 is 1.95 bits per heavy atom. The van der Waals surface area contributed by atoms with Crippen LogP contribution in [0.25, 0.3) is 0 Å². The number of nitrogens with zero attached hydrogens (tertiary/aromatic N) is 1. The second kappa shape index (κ2) is 5.21. The van der Waals surface area contributed by atoms with Crippen LogP contribution in [0.1, 0.15) is 25.0 Å². The van der Waals surface area contributed by atoms with Gasteiger partial charge in [0.05, 0.1) is 16.2 Å². The molecule has 1 aliphatic rings. The number of urea groups is 1. The summed E-state index contributed by atoms with van der Waals surface area (Å²) in [5.41, 5.74) is 1.80. The molecule has 2 N–H and O–H groups in total.